The minimum absolute atomic E-state index is 0.869. The monoisotopic (exact) mass is 297 g/mol. The van der Waals surface area contributed by atoms with Crippen LogP contribution in [0.1, 0.15) is 98.8 Å². The molecule has 0 rings (SSSR count). The van der Waals surface area contributed by atoms with E-state index in [4.69, 9.17) is 0 Å². The van der Waals surface area contributed by atoms with Gasteiger partial charge in [0.05, 0.1) is 0 Å². The summed E-state index contributed by atoms with van der Waals surface area (Å²) >= 11 is 0. The van der Waals surface area contributed by atoms with Gasteiger partial charge in [-0.25, -0.2) is 0 Å². The summed E-state index contributed by atoms with van der Waals surface area (Å²) < 4.78 is 0. The van der Waals surface area contributed by atoms with E-state index in [9.17, 15) is 0 Å². The summed E-state index contributed by atoms with van der Waals surface area (Å²) in [5, 5.41) is 3.73. The largest absolute Gasteiger partial charge is 0.316 e. The maximum absolute atomic E-state index is 3.73. The zero-order chi connectivity index (χ0) is 15.9. The number of rotatable bonds is 15. The molecule has 0 aromatic rings. The van der Waals surface area contributed by atoms with Gasteiger partial charge in [0.15, 0.2) is 0 Å². The fraction of sp³-hybridized carbons (Fsp3) is 1.00. The van der Waals surface area contributed by atoms with Crippen molar-refractivity contribution >= 4 is 0 Å². The summed E-state index contributed by atoms with van der Waals surface area (Å²) in [5.41, 5.74) is 0. The van der Waals surface area contributed by atoms with E-state index in [-0.39, 0.29) is 0 Å². The Hall–Kier alpha value is -0.0400. The summed E-state index contributed by atoms with van der Waals surface area (Å²) in [7, 11) is 0. The highest BCUT2D eigenvalue weighted by Gasteiger charge is 2.08. The molecule has 128 valence electrons. The highest BCUT2D eigenvalue weighted by atomic mass is 14.9. The predicted molar refractivity (Wildman–Crippen MR) is 97.9 cm³/mol. The molecule has 0 saturated heterocycles. The Kier molecular flexibility index (Phi) is 14.9. The molecule has 1 N–H and O–H groups in total. The molecule has 0 bridgehead atoms. The lowest BCUT2D eigenvalue weighted by Gasteiger charge is -2.18. The summed E-state index contributed by atoms with van der Waals surface area (Å²) in [4.78, 5) is 0. The third-order valence-corrected chi connectivity index (χ3v) is 4.64. The van der Waals surface area contributed by atoms with Crippen molar-refractivity contribution in [3.05, 3.63) is 0 Å². The van der Waals surface area contributed by atoms with Gasteiger partial charge in [0.1, 0.15) is 0 Å². The topological polar surface area (TPSA) is 12.0 Å². The van der Waals surface area contributed by atoms with E-state index in [1.807, 2.05) is 0 Å². The normalized spacial score (nSPS) is 14.6. The minimum atomic E-state index is 0.869. The van der Waals surface area contributed by atoms with Crippen molar-refractivity contribution < 1.29 is 0 Å². The smallest absolute Gasteiger partial charge is 0.00205 e. The van der Waals surface area contributed by atoms with E-state index in [2.05, 4.69) is 39.9 Å². The Labute approximate surface area is 135 Å². The van der Waals surface area contributed by atoms with Gasteiger partial charge in [-0.1, -0.05) is 79.6 Å². The molecule has 21 heavy (non-hydrogen) atoms. The molecule has 0 fully saturated rings. The van der Waals surface area contributed by atoms with Gasteiger partial charge in [-0.2, -0.15) is 0 Å². The van der Waals surface area contributed by atoms with Crippen LogP contribution in [0.3, 0.4) is 0 Å². The van der Waals surface area contributed by atoms with Gasteiger partial charge >= 0.3 is 0 Å². The highest BCUT2D eigenvalue weighted by molar-refractivity contribution is 4.64. The van der Waals surface area contributed by atoms with Crippen molar-refractivity contribution in [1.82, 2.24) is 5.32 Å². The molecule has 2 unspecified atom stereocenters. The van der Waals surface area contributed by atoms with E-state index in [1.165, 1.54) is 77.3 Å². The van der Waals surface area contributed by atoms with E-state index in [0.717, 1.165) is 17.8 Å². The predicted octanol–water partition coefficient (Wildman–Crippen LogP) is 6.43. The second kappa shape index (κ2) is 14.9. The van der Waals surface area contributed by atoms with E-state index in [0.29, 0.717) is 0 Å². The molecule has 0 aliphatic rings. The molecule has 2 atom stereocenters. The van der Waals surface area contributed by atoms with Gasteiger partial charge in [0.25, 0.3) is 0 Å². The van der Waals surface area contributed by atoms with Crippen LogP contribution in [0.25, 0.3) is 0 Å². The first-order valence-corrected chi connectivity index (χ1v) is 9.80. The average molecular weight is 298 g/mol. The standard InChI is InChI=1S/C20H43N/c1-6-8-9-14-20(11-7-2)17-21-16-15-19(5)13-10-12-18(3)4/h18-21H,6-17H2,1-5H3. The first kappa shape index (κ1) is 21.0. The fourth-order valence-electron chi connectivity index (χ4n) is 3.11. The lowest BCUT2D eigenvalue weighted by atomic mass is 9.95. The van der Waals surface area contributed by atoms with Gasteiger partial charge in [-0.3, -0.25) is 0 Å². The minimum Gasteiger partial charge on any atom is -0.316 e. The molecule has 0 radical (unpaired) electrons. The van der Waals surface area contributed by atoms with E-state index < -0.39 is 0 Å². The molecule has 0 aromatic carbocycles. The van der Waals surface area contributed by atoms with Crippen LogP contribution < -0.4 is 5.32 Å². The maximum atomic E-state index is 3.73. The summed E-state index contributed by atoms with van der Waals surface area (Å²) in [5.74, 6) is 2.67. The Balaban J connectivity index is 3.59. The zero-order valence-electron chi connectivity index (χ0n) is 15.7. The van der Waals surface area contributed by atoms with Crippen molar-refractivity contribution in [2.45, 2.75) is 98.8 Å². The SMILES string of the molecule is CCCCCC(CCC)CNCCC(C)CCCC(C)C. The van der Waals surface area contributed by atoms with Gasteiger partial charge in [-0.05, 0) is 50.1 Å². The Morgan fingerprint density at radius 2 is 1.48 bits per heavy atom. The Bertz CT molecular complexity index is 200. The van der Waals surface area contributed by atoms with Crippen molar-refractivity contribution in [2.24, 2.45) is 17.8 Å². The van der Waals surface area contributed by atoms with E-state index in [1.54, 1.807) is 0 Å². The second-order valence-corrected chi connectivity index (χ2v) is 7.57. The first-order valence-electron chi connectivity index (χ1n) is 9.80. The maximum Gasteiger partial charge on any atom is -0.00205 e. The van der Waals surface area contributed by atoms with Crippen LogP contribution in [-0.2, 0) is 0 Å². The average Bonchev–Trinajstić information content (AvgIpc) is 2.43. The molecule has 1 heteroatoms. The van der Waals surface area contributed by atoms with Gasteiger partial charge in [0.2, 0.25) is 0 Å². The number of unbranched alkanes of at least 4 members (excludes halogenated alkanes) is 2. The van der Waals surface area contributed by atoms with Crippen LogP contribution >= 0.6 is 0 Å². The fourth-order valence-corrected chi connectivity index (χ4v) is 3.11. The lowest BCUT2D eigenvalue weighted by molar-refractivity contribution is 0.378. The molecule has 0 heterocycles. The summed E-state index contributed by atoms with van der Waals surface area (Å²) in [6, 6.07) is 0. The van der Waals surface area contributed by atoms with Gasteiger partial charge in [-0.15, -0.1) is 0 Å². The van der Waals surface area contributed by atoms with E-state index >= 15 is 0 Å². The highest BCUT2D eigenvalue weighted by Crippen LogP contribution is 2.16. The third-order valence-electron chi connectivity index (χ3n) is 4.64. The van der Waals surface area contributed by atoms with Crippen LogP contribution in [0.5, 0.6) is 0 Å². The van der Waals surface area contributed by atoms with Crippen molar-refractivity contribution in [3.8, 4) is 0 Å². The molecular formula is C20H43N. The van der Waals surface area contributed by atoms with Gasteiger partial charge < -0.3 is 5.32 Å². The van der Waals surface area contributed by atoms with Crippen molar-refractivity contribution in [2.75, 3.05) is 13.1 Å². The van der Waals surface area contributed by atoms with Crippen LogP contribution in [0.15, 0.2) is 0 Å². The lowest BCUT2D eigenvalue weighted by Crippen LogP contribution is -2.25. The quantitative estimate of drug-likeness (QED) is 0.344. The zero-order valence-corrected chi connectivity index (χ0v) is 15.7. The summed E-state index contributed by atoms with van der Waals surface area (Å²) in [6.07, 6.45) is 13.9. The third kappa shape index (κ3) is 14.7. The molecule has 0 saturated carbocycles. The number of hydrogen-bond donors (Lipinski definition) is 1. The van der Waals surface area contributed by atoms with Crippen LogP contribution in [-0.4, -0.2) is 13.1 Å². The first-order chi connectivity index (χ1) is 10.1. The molecule has 0 amide bonds. The van der Waals surface area contributed by atoms with Crippen LogP contribution in [0.4, 0.5) is 0 Å². The summed E-state index contributed by atoms with van der Waals surface area (Å²) in [6.45, 7) is 14.2. The molecule has 0 aliphatic heterocycles. The Morgan fingerprint density at radius 3 is 2.10 bits per heavy atom. The van der Waals surface area contributed by atoms with Crippen LogP contribution in [0.2, 0.25) is 0 Å². The molecular weight excluding hydrogens is 254 g/mol. The molecule has 0 aromatic heterocycles. The van der Waals surface area contributed by atoms with Crippen molar-refractivity contribution in [3.63, 3.8) is 0 Å². The van der Waals surface area contributed by atoms with Crippen molar-refractivity contribution in [1.29, 1.82) is 0 Å². The van der Waals surface area contributed by atoms with Gasteiger partial charge in [0, 0.05) is 0 Å². The second-order valence-electron chi connectivity index (χ2n) is 7.57. The van der Waals surface area contributed by atoms with Crippen LogP contribution in [0, 0.1) is 17.8 Å². The molecule has 1 nitrogen and oxygen atoms in total. The molecule has 0 spiro atoms. The molecule has 0 aliphatic carbocycles. The Morgan fingerprint density at radius 1 is 0.714 bits per heavy atom. The number of hydrogen-bond acceptors (Lipinski definition) is 1. The number of nitrogens with one attached hydrogen (secondary N) is 1.